The summed E-state index contributed by atoms with van der Waals surface area (Å²) in [7, 11) is 0. The molecule has 0 atom stereocenters. The van der Waals surface area contributed by atoms with E-state index in [1.54, 1.807) is 0 Å². The van der Waals surface area contributed by atoms with Crippen LogP contribution in [0.1, 0.15) is 24.0 Å². The van der Waals surface area contributed by atoms with Crippen LogP contribution in [0.5, 0.6) is 0 Å². The fourth-order valence-corrected chi connectivity index (χ4v) is 1.93. The number of rotatable bonds is 4. The summed E-state index contributed by atoms with van der Waals surface area (Å²) in [6, 6.07) is 6.27. The van der Waals surface area contributed by atoms with Gasteiger partial charge in [-0.05, 0) is 37.5 Å². The van der Waals surface area contributed by atoms with Gasteiger partial charge in [0.25, 0.3) is 0 Å². The van der Waals surface area contributed by atoms with Crippen LogP contribution in [0.3, 0.4) is 0 Å². The Morgan fingerprint density at radius 2 is 2.25 bits per heavy atom. The first-order valence-corrected chi connectivity index (χ1v) is 5.45. The topological polar surface area (TPSA) is 53.1 Å². The number of aryl methyl sites for hydroxylation is 2. The van der Waals surface area contributed by atoms with Gasteiger partial charge in [0.2, 0.25) is 0 Å². The maximum absolute atomic E-state index is 10.4. The molecule has 3 heteroatoms. The molecule has 2 aromatic rings. The number of fused-ring (bicyclic) bond motifs is 1. The molecule has 84 valence electrons. The molecule has 2 rings (SSSR count). The average molecular weight is 217 g/mol. The molecule has 0 aliphatic rings. The first-order valence-electron chi connectivity index (χ1n) is 5.45. The van der Waals surface area contributed by atoms with Crippen molar-refractivity contribution in [2.24, 2.45) is 0 Å². The van der Waals surface area contributed by atoms with E-state index >= 15 is 0 Å². The minimum atomic E-state index is -0.726. The summed E-state index contributed by atoms with van der Waals surface area (Å²) in [4.78, 5) is 13.6. The Morgan fingerprint density at radius 3 is 3.00 bits per heavy atom. The zero-order chi connectivity index (χ0) is 11.5. The van der Waals surface area contributed by atoms with E-state index in [-0.39, 0.29) is 6.42 Å². The summed E-state index contributed by atoms with van der Waals surface area (Å²) in [6.07, 6.45) is 3.72. The molecule has 0 amide bonds. The van der Waals surface area contributed by atoms with Crippen molar-refractivity contribution in [3.63, 3.8) is 0 Å². The van der Waals surface area contributed by atoms with Gasteiger partial charge in [0.15, 0.2) is 0 Å². The Balaban J connectivity index is 2.17. The van der Waals surface area contributed by atoms with Gasteiger partial charge in [0.05, 0.1) is 0 Å². The van der Waals surface area contributed by atoms with Crippen LogP contribution in [-0.2, 0) is 11.2 Å². The van der Waals surface area contributed by atoms with Crippen LogP contribution in [0.15, 0.2) is 24.4 Å². The molecule has 0 bridgehead atoms. The molecule has 1 aromatic heterocycles. The van der Waals surface area contributed by atoms with Crippen molar-refractivity contribution in [1.82, 2.24) is 4.98 Å². The lowest BCUT2D eigenvalue weighted by Gasteiger charge is -1.98. The number of aromatic nitrogens is 1. The molecule has 16 heavy (non-hydrogen) atoms. The second kappa shape index (κ2) is 4.39. The molecular formula is C13H15NO2. The minimum Gasteiger partial charge on any atom is -0.481 e. The lowest BCUT2D eigenvalue weighted by atomic mass is 10.1. The maximum Gasteiger partial charge on any atom is 0.303 e. The van der Waals surface area contributed by atoms with Crippen molar-refractivity contribution < 1.29 is 9.90 Å². The number of H-pyrrole nitrogens is 1. The average Bonchev–Trinajstić information content (AvgIpc) is 2.60. The zero-order valence-corrected chi connectivity index (χ0v) is 9.29. The van der Waals surface area contributed by atoms with Gasteiger partial charge in [-0.1, -0.05) is 11.6 Å². The van der Waals surface area contributed by atoms with Crippen molar-refractivity contribution in [3.05, 3.63) is 35.5 Å². The number of nitrogens with one attached hydrogen (secondary N) is 1. The van der Waals surface area contributed by atoms with Crippen LogP contribution in [0, 0.1) is 6.92 Å². The van der Waals surface area contributed by atoms with Crippen molar-refractivity contribution in [2.75, 3.05) is 0 Å². The molecular weight excluding hydrogens is 202 g/mol. The summed E-state index contributed by atoms with van der Waals surface area (Å²) in [5, 5.41) is 9.81. The minimum absolute atomic E-state index is 0.235. The second-order valence-corrected chi connectivity index (χ2v) is 4.11. The molecule has 0 spiro atoms. The normalized spacial score (nSPS) is 10.8. The van der Waals surface area contributed by atoms with Crippen LogP contribution in [0.4, 0.5) is 0 Å². The molecule has 0 fully saturated rings. The van der Waals surface area contributed by atoms with Gasteiger partial charge in [-0.3, -0.25) is 4.79 Å². The largest absolute Gasteiger partial charge is 0.481 e. The van der Waals surface area contributed by atoms with Crippen molar-refractivity contribution in [3.8, 4) is 0 Å². The smallest absolute Gasteiger partial charge is 0.303 e. The molecule has 3 nitrogen and oxygen atoms in total. The van der Waals surface area contributed by atoms with Crippen molar-refractivity contribution in [1.29, 1.82) is 0 Å². The van der Waals surface area contributed by atoms with Gasteiger partial charge >= 0.3 is 5.97 Å². The Bertz CT molecular complexity index is 514. The standard InChI is InChI=1S/C13H15NO2/c1-9-5-6-12-11(7-9)10(8-14-12)3-2-4-13(15)16/h5-8,14H,2-4H2,1H3,(H,15,16). The Labute approximate surface area is 94.1 Å². The lowest BCUT2D eigenvalue weighted by Crippen LogP contribution is -1.95. The van der Waals surface area contributed by atoms with E-state index in [1.807, 2.05) is 6.20 Å². The summed E-state index contributed by atoms with van der Waals surface area (Å²) in [6.45, 7) is 2.06. The van der Waals surface area contributed by atoms with E-state index in [2.05, 4.69) is 30.1 Å². The highest BCUT2D eigenvalue weighted by molar-refractivity contribution is 5.83. The van der Waals surface area contributed by atoms with Gasteiger partial charge in [-0.2, -0.15) is 0 Å². The number of aromatic amines is 1. The molecule has 0 saturated heterocycles. The number of aliphatic carboxylic acids is 1. The van der Waals surface area contributed by atoms with Gasteiger partial charge in [-0.25, -0.2) is 0 Å². The molecule has 0 saturated carbocycles. The van der Waals surface area contributed by atoms with E-state index in [9.17, 15) is 4.79 Å². The first kappa shape index (κ1) is 10.7. The summed E-state index contributed by atoms with van der Waals surface area (Å²) < 4.78 is 0. The Morgan fingerprint density at radius 1 is 1.44 bits per heavy atom. The third-order valence-corrected chi connectivity index (χ3v) is 2.76. The monoisotopic (exact) mass is 217 g/mol. The van der Waals surface area contributed by atoms with E-state index in [0.29, 0.717) is 6.42 Å². The molecule has 2 N–H and O–H groups in total. The van der Waals surface area contributed by atoms with Crippen LogP contribution in [-0.4, -0.2) is 16.1 Å². The number of hydrogen-bond acceptors (Lipinski definition) is 1. The van der Waals surface area contributed by atoms with E-state index in [4.69, 9.17) is 5.11 Å². The summed E-state index contributed by atoms with van der Waals surface area (Å²) >= 11 is 0. The fourth-order valence-electron chi connectivity index (χ4n) is 1.93. The number of carbonyl (C=O) groups is 1. The Kier molecular flexibility index (Phi) is 2.95. The van der Waals surface area contributed by atoms with E-state index in [0.717, 1.165) is 11.9 Å². The summed E-state index contributed by atoms with van der Waals surface area (Å²) in [5.41, 5.74) is 3.56. The number of carboxylic acid groups (broad SMARTS) is 1. The second-order valence-electron chi connectivity index (χ2n) is 4.11. The lowest BCUT2D eigenvalue weighted by molar-refractivity contribution is -0.137. The van der Waals surface area contributed by atoms with Crippen LogP contribution >= 0.6 is 0 Å². The quantitative estimate of drug-likeness (QED) is 0.827. The molecule has 0 unspecified atom stereocenters. The fraction of sp³-hybridized carbons (Fsp3) is 0.308. The van der Waals surface area contributed by atoms with Gasteiger partial charge in [0.1, 0.15) is 0 Å². The van der Waals surface area contributed by atoms with Crippen molar-refractivity contribution >= 4 is 16.9 Å². The van der Waals surface area contributed by atoms with Gasteiger partial charge in [0, 0.05) is 23.5 Å². The maximum atomic E-state index is 10.4. The third kappa shape index (κ3) is 2.24. The van der Waals surface area contributed by atoms with Crippen molar-refractivity contribution in [2.45, 2.75) is 26.2 Å². The first-order chi connectivity index (χ1) is 7.66. The molecule has 0 aliphatic carbocycles. The van der Waals surface area contributed by atoms with Crippen LogP contribution in [0.2, 0.25) is 0 Å². The van der Waals surface area contributed by atoms with Gasteiger partial charge in [-0.15, -0.1) is 0 Å². The zero-order valence-electron chi connectivity index (χ0n) is 9.29. The highest BCUT2D eigenvalue weighted by Gasteiger charge is 2.04. The van der Waals surface area contributed by atoms with Gasteiger partial charge < -0.3 is 10.1 Å². The molecule has 0 aliphatic heterocycles. The van der Waals surface area contributed by atoms with E-state index in [1.165, 1.54) is 16.5 Å². The van der Waals surface area contributed by atoms with Crippen LogP contribution < -0.4 is 0 Å². The number of hydrogen-bond donors (Lipinski definition) is 2. The highest BCUT2D eigenvalue weighted by Crippen LogP contribution is 2.21. The van der Waals surface area contributed by atoms with Crippen LogP contribution in [0.25, 0.3) is 10.9 Å². The number of benzene rings is 1. The SMILES string of the molecule is Cc1ccc2[nH]cc(CCCC(=O)O)c2c1. The predicted octanol–water partition coefficient (Wildman–Crippen LogP) is 2.88. The predicted molar refractivity (Wildman–Crippen MR) is 63.6 cm³/mol. The molecule has 1 heterocycles. The Hall–Kier alpha value is -1.77. The van der Waals surface area contributed by atoms with E-state index < -0.39 is 5.97 Å². The molecule has 1 aromatic carbocycles. The highest BCUT2D eigenvalue weighted by atomic mass is 16.4. The number of carboxylic acids is 1. The third-order valence-electron chi connectivity index (χ3n) is 2.76. The summed E-state index contributed by atoms with van der Waals surface area (Å²) in [5.74, 6) is -0.726. The molecule has 0 radical (unpaired) electrons.